The predicted octanol–water partition coefficient (Wildman–Crippen LogP) is 3.23. The molecule has 0 unspecified atom stereocenters. The molecule has 8 nitrogen and oxygen atoms in total. The average molecular weight is 431 g/mol. The molecular weight excluding hydrogens is 409 g/mol. The van der Waals surface area contributed by atoms with E-state index < -0.39 is 5.95 Å². The zero-order valence-corrected chi connectivity index (χ0v) is 17.7. The quantitative estimate of drug-likeness (QED) is 0.641. The van der Waals surface area contributed by atoms with Gasteiger partial charge in [0.2, 0.25) is 23.6 Å². The van der Waals surface area contributed by atoms with E-state index in [1.165, 1.54) is 6.92 Å². The van der Waals surface area contributed by atoms with Crippen molar-refractivity contribution in [2.24, 2.45) is 0 Å². The van der Waals surface area contributed by atoms with Crippen LogP contribution in [0, 0.1) is 5.95 Å². The molecule has 1 fully saturated rings. The molecule has 1 N–H and O–H groups in total. The molecule has 1 aliphatic rings. The summed E-state index contributed by atoms with van der Waals surface area (Å²) in [6, 6.07) is 7.63. The number of aromatic nitrogens is 3. The average Bonchev–Trinajstić information content (AvgIpc) is 3.22. The van der Waals surface area contributed by atoms with E-state index in [1.807, 2.05) is 18.2 Å². The van der Waals surface area contributed by atoms with E-state index in [9.17, 15) is 9.18 Å². The Morgan fingerprint density at radius 1 is 1.27 bits per heavy atom. The highest BCUT2D eigenvalue weighted by Crippen LogP contribution is 2.29. The van der Waals surface area contributed by atoms with E-state index in [0.717, 1.165) is 23.1 Å². The van der Waals surface area contributed by atoms with E-state index in [2.05, 4.69) is 32.1 Å². The van der Waals surface area contributed by atoms with Gasteiger partial charge >= 0.3 is 0 Å². The van der Waals surface area contributed by atoms with E-state index in [0.29, 0.717) is 35.4 Å². The van der Waals surface area contributed by atoms with E-state index in [4.69, 9.17) is 9.47 Å². The normalized spacial score (nSPS) is 19.2. The molecule has 4 heterocycles. The van der Waals surface area contributed by atoms with Crippen molar-refractivity contribution in [3.05, 3.63) is 35.1 Å². The summed E-state index contributed by atoms with van der Waals surface area (Å²) in [4.78, 5) is 26.4. The van der Waals surface area contributed by atoms with Crippen LogP contribution in [0.2, 0.25) is 0 Å². The Labute approximate surface area is 177 Å². The van der Waals surface area contributed by atoms with Crippen LogP contribution >= 0.6 is 11.3 Å². The molecule has 1 amide bonds. The predicted molar refractivity (Wildman–Crippen MR) is 111 cm³/mol. The van der Waals surface area contributed by atoms with Gasteiger partial charge in [-0.05, 0) is 19.1 Å². The molecule has 10 heteroatoms. The fourth-order valence-corrected chi connectivity index (χ4v) is 4.40. The molecule has 0 radical (unpaired) electrons. The van der Waals surface area contributed by atoms with E-state index in [-0.39, 0.29) is 23.2 Å². The minimum absolute atomic E-state index is 0.0682. The minimum Gasteiger partial charge on any atom is -0.481 e. The van der Waals surface area contributed by atoms with Gasteiger partial charge in [0.05, 0.1) is 12.0 Å². The molecule has 158 valence electrons. The Morgan fingerprint density at radius 2 is 2.00 bits per heavy atom. The highest BCUT2D eigenvalue weighted by molar-refractivity contribution is 7.15. The number of pyridine rings is 2. The number of rotatable bonds is 6. The van der Waals surface area contributed by atoms with Gasteiger partial charge in [-0.3, -0.25) is 9.69 Å². The highest BCUT2D eigenvalue weighted by Gasteiger charge is 2.32. The van der Waals surface area contributed by atoms with E-state index >= 15 is 0 Å². The molecule has 0 bridgehead atoms. The molecule has 1 aliphatic heterocycles. The first-order valence-corrected chi connectivity index (χ1v) is 10.4. The molecule has 0 saturated carbocycles. The summed E-state index contributed by atoms with van der Waals surface area (Å²) in [5, 5.41) is 3.71. The topological polar surface area (TPSA) is 89.5 Å². The SMILES string of the molecule is COc1ccc2ccc(O[C@@H]3C[C@H](C)N(Cc4sc(NC(C)=O)nc4F)C3)nc2n1. The fourth-order valence-electron chi connectivity index (χ4n) is 3.48. The summed E-state index contributed by atoms with van der Waals surface area (Å²) in [7, 11) is 1.56. The molecule has 0 aliphatic carbocycles. The first kappa shape index (κ1) is 20.4. The maximum atomic E-state index is 14.2. The summed E-state index contributed by atoms with van der Waals surface area (Å²) in [6.07, 6.45) is 0.728. The molecule has 2 atom stereocenters. The summed E-state index contributed by atoms with van der Waals surface area (Å²) in [5.74, 6) is 0.182. The standard InChI is InChI=1S/C20H22FN5O3S/c1-11-8-14(9-26(11)10-15-18(21)25-20(30-15)22-12(2)27)29-17-7-5-13-4-6-16(28-3)23-19(13)24-17/h4-7,11,14H,8-10H2,1-3H3,(H,22,25,27)/t11-,14+/m0/s1. The van der Waals surface area contributed by atoms with Gasteiger partial charge in [-0.25, -0.2) is 0 Å². The lowest BCUT2D eigenvalue weighted by atomic mass is 10.2. The second-order valence-corrected chi connectivity index (χ2v) is 8.30. The first-order valence-electron chi connectivity index (χ1n) is 9.56. The van der Waals surface area contributed by atoms with Crippen molar-refractivity contribution < 1.29 is 18.7 Å². The van der Waals surface area contributed by atoms with Gasteiger partial charge in [-0.2, -0.15) is 19.3 Å². The van der Waals surface area contributed by atoms with Crippen LogP contribution < -0.4 is 14.8 Å². The smallest absolute Gasteiger partial charge is 0.230 e. The second kappa shape index (κ2) is 8.49. The number of ether oxygens (including phenoxy) is 2. The number of fused-ring (bicyclic) bond motifs is 1. The Balaban J connectivity index is 1.42. The third-order valence-corrected chi connectivity index (χ3v) is 5.87. The van der Waals surface area contributed by atoms with Gasteiger partial charge in [-0.15, -0.1) is 0 Å². The van der Waals surface area contributed by atoms with Gasteiger partial charge in [0.15, 0.2) is 10.8 Å². The van der Waals surface area contributed by atoms with Crippen molar-refractivity contribution in [2.45, 2.75) is 39.0 Å². The molecule has 3 aromatic heterocycles. The number of carbonyl (C=O) groups excluding carboxylic acids is 1. The lowest BCUT2D eigenvalue weighted by Crippen LogP contribution is -2.28. The van der Waals surface area contributed by atoms with Gasteiger partial charge in [-0.1, -0.05) is 11.3 Å². The second-order valence-electron chi connectivity index (χ2n) is 7.22. The number of halogens is 1. The molecule has 4 rings (SSSR count). The van der Waals surface area contributed by atoms with E-state index in [1.54, 1.807) is 13.2 Å². The number of nitrogens with one attached hydrogen (secondary N) is 1. The molecule has 0 spiro atoms. The number of amides is 1. The largest absolute Gasteiger partial charge is 0.481 e. The molecular formula is C20H22FN5O3S. The van der Waals surface area contributed by atoms with Gasteiger partial charge in [0.25, 0.3) is 0 Å². The van der Waals surface area contributed by atoms with Crippen molar-refractivity contribution in [1.29, 1.82) is 0 Å². The highest BCUT2D eigenvalue weighted by atomic mass is 32.1. The van der Waals surface area contributed by atoms with Crippen LogP contribution in [0.3, 0.4) is 0 Å². The summed E-state index contributed by atoms with van der Waals surface area (Å²) in [5.41, 5.74) is 0.562. The maximum absolute atomic E-state index is 14.2. The Bertz CT molecular complexity index is 1080. The van der Waals surface area contributed by atoms with Crippen LogP contribution in [0.15, 0.2) is 24.3 Å². The van der Waals surface area contributed by atoms with Crippen molar-refractivity contribution >= 4 is 33.4 Å². The third kappa shape index (κ3) is 4.49. The number of thiazole rings is 1. The molecule has 30 heavy (non-hydrogen) atoms. The van der Waals surface area contributed by atoms with Crippen molar-refractivity contribution in [3.63, 3.8) is 0 Å². The van der Waals surface area contributed by atoms with Crippen LogP contribution in [0.4, 0.5) is 9.52 Å². The zero-order chi connectivity index (χ0) is 21.3. The van der Waals surface area contributed by atoms with Crippen LogP contribution in [-0.4, -0.2) is 51.6 Å². The molecule has 3 aromatic rings. The van der Waals surface area contributed by atoms with Crippen molar-refractivity contribution in [2.75, 3.05) is 19.0 Å². The lowest BCUT2D eigenvalue weighted by molar-refractivity contribution is -0.114. The minimum atomic E-state index is -0.545. The zero-order valence-electron chi connectivity index (χ0n) is 16.9. The molecule has 0 aromatic carbocycles. The van der Waals surface area contributed by atoms with Crippen LogP contribution in [0.5, 0.6) is 11.8 Å². The number of anilines is 1. The number of hydrogen-bond donors (Lipinski definition) is 1. The van der Waals surface area contributed by atoms with Crippen molar-refractivity contribution in [3.8, 4) is 11.8 Å². The number of likely N-dealkylation sites (tertiary alicyclic amines) is 1. The Kier molecular flexibility index (Phi) is 5.78. The molecule has 1 saturated heterocycles. The Hall–Kier alpha value is -2.85. The summed E-state index contributed by atoms with van der Waals surface area (Å²) >= 11 is 1.15. The number of hydrogen-bond acceptors (Lipinski definition) is 8. The van der Waals surface area contributed by atoms with Gasteiger partial charge in [0.1, 0.15) is 6.10 Å². The van der Waals surface area contributed by atoms with Crippen LogP contribution in [0.1, 0.15) is 25.1 Å². The maximum Gasteiger partial charge on any atom is 0.230 e. The monoisotopic (exact) mass is 431 g/mol. The third-order valence-electron chi connectivity index (χ3n) is 4.94. The van der Waals surface area contributed by atoms with Gasteiger partial charge < -0.3 is 14.8 Å². The lowest BCUT2D eigenvalue weighted by Gasteiger charge is -2.19. The number of carbonyl (C=O) groups is 1. The van der Waals surface area contributed by atoms with Crippen LogP contribution in [0.25, 0.3) is 11.0 Å². The Morgan fingerprint density at radius 3 is 2.73 bits per heavy atom. The number of methoxy groups -OCH3 is 1. The number of nitrogens with zero attached hydrogens (tertiary/aromatic N) is 4. The summed E-state index contributed by atoms with van der Waals surface area (Å²) < 4.78 is 25.4. The van der Waals surface area contributed by atoms with Crippen molar-refractivity contribution in [1.82, 2.24) is 19.9 Å². The first-order chi connectivity index (χ1) is 14.4. The fraction of sp³-hybridized carbons (Fsp3) is 0.400. The van der Waals surface area contributed by atoms with Crippen LogP contribution in [-0.2, 0) is 11.3 Å². The summed E-state index contributed by atoms with van der Waals surface area (Å²) in [6.45, 7) is 4.50. The van der Waals surface area contributed by atoms with Gasteiger partial charge in [0, 0.05) is 50.0 Å².